The number of Topliss-reactive ketones (excluding diaryl/α,β-unsaturated/α-hetero) is 1. The number of hydrogen-bond donors (Lipinski definition) is 0. The van der Waals surface area contributed by atoms with Crippen molar-refractivity contribution < 1.29 is 4.79 Å². The monoisotopic (exact) mass is 696 g/mol. The normalized spacial score (nSPS) is 13.7. The fraction of sp³-hybridized carbons (Fsp3) is 0.0784. The van der Waals surface area contributed by atoms with Crippen LogP contribution >= 0.6 is 0 Å². The first kappa shape index (κ1) is 33.1. The molecule has 1 aliphatic heterocycles. The van der Waals surface area contributed by atoms with E-state index in [0.717, 1.165) is 50.1 Å². The van der Waals surface area contributed by atoms with Gasteiger partial charge in [-0.15, -0.1) is 0 Å². The third kappa shape index (κ3) is 5.23. The minimum Gasteiger partial charge on any atom is -0.314 e. The van der Waals surface area contributed by atoms with E-state index in [2.05, 4.69) is 199 Å². The van der Waals surface area contributed by atoms with Gasteiger partial charge in [0.15, 0.2) is 5.78 Å². The van der Waals surface area contributed by atoms with Crippen LogP contribution in [0.5, 0.6) is 0 Å². The Balaban J connectivity index is 1.15. The Kier molecular flexibility index (Phi) is 8.40. The lowest BCUT2D eigenvalue weighted by Gasteiger charge is -2.47. The van der Waals surface area contributed by atoms with Crippen molar-refractivity contribution in [2.24, 2.45) is 0 Å². The molecule has 1 aromatic heterocycles. The fourth-order valence-electron chi connectivity index (χ4n) is 8.57. The SMILES string of the molecule is C/C=C(\C)N1c2ccccc2C(c2ccccc2)(c2ccccc2)c2cccc(/C=C/CC(=O)c3ccc4c(c3)c3ccccc3n4-c3ccccc3)c21. The molecule has 3 nitrogen and oxygen atoms in total. The summed E-state index contributed by atoms with van der Waals surface area (Å²) in [5, 5.41) is 2.22. The van der Waals surface area contributed by atoms with Crippen molar-refractivity contribution >= 4 is 45.0 Å². The van der Waals surface area contributed by atoms with Gasteiger partial charge in [0.25, 0.3) is 0 Å². The van der Waals surface area contributed by atoms with Crippen LogP contribution in [0.25, 0.3) is 33.6 Å². The summed E-state index contributed by atoms with van der Waals surface area (Å²) in [6.45, 7) is 4.27. The molecular formula is C51H40N2O. The number of allylic oxidation sites excluding steroid dienone is 3. The molecule has 0 N–H and O–H groups in total. The maximum absolute atomic E-state index is 14.0. The zero-order valence-corrected chi connectivity index (χ0v) is 30.5. The van der Waals surface area contributed by atoms with Gasteiger partial charge in [-0.25, -0.2) is 0 Å². The maximum Gasteiger partial charge on any atom is 0.166 e. The summed E-state index contributed by atoms with van der Waals surface area (Å²) in [4.78, 5) is 16.4. The summed E-state index contributed by atoms with van der Waals surface area (Å²) in [7, 11) is 0. The molecule has 1 aliphatic rings. The highest BCUT2D eigenvalue weighted by Gasteiger charge is 2.46. The molecular weight excluding hydrogens is 657 g/mol. The van der Waals surface area contributed by atoms with Crippen LogP contribution in [0.3, 0.4) is 0 Å². The van der Waals surface area contributed by atoms with E-state index in [9.17, 15) is 4.79 Å². The van der Waals surface area contributed by atoms with E-state index in [0.29, 0.717) is 5.56 Å². The topological polar surface area (TPSA) is 25.2 Å². The van der Waals surface area contributed by atoms with E-state index >= 15 is 0 Å². The second-order valence-electron chi connectivity index (χ2n) is 14.0. The van der Waals surface area contributed by atoms with Crippen molar-refractivity contribution in [2.75, 3.05) is 4.90 Å². The second kappa shape index (κ2) is 13.7. The van der Waals surface area contributed by atoms with Gasteiger partial charge in [0.05, 0.1) is 27.8 Å². The van der Waals surface area contributed by atoms with Crippen LogP contribution in [0.2, 0.25) is 0 Å². The van der Waals surface area contributed by atoms with Crippen molar-refractivity contribution in [3.05, 3.63) is 227 Å². The van der Waals surface area contributed by atoms with Crippen LogP contribution in [0.15, 0.2) is 194 Å². The lowest BCUT2D eigenvalue weighted by atomic mass is 9.62. The van der Waals surface area contributed by atoms with Crippen LogP contribution in [0, 0.1) is 0 Å². The lowest BCUT2D eigenvalue weighted by molar-refractivity contribution is 0.0996. The van der Waals surface area contributed by atoms with Gasteiger partial charge >= 0.3 is 0 Å². The molecule has 0 spiro atoms. The number of hydrogen-bond acceptors (Lipinski definition) is 2. The van der Waals surface area contributed by atoms with E-state index in [1.54, 1.807) is 0 Å². The molecule has 2 heterocycles. The largest absolute Gasteiger partial charge is 0.314 e. The summed E-state index contributed by atoms with van der Waals surface area (Å²) in [5.41, 5.74) is 12.8. The Morgan fingerprint density at radius 3 is 1.94 bits per heavy atom. The smallest absolute Gasteiger partial charge is 0.166 e. The Morgan fingerprint density at radius 1 is 0.611 bits per heavy atom. The molecule has 0 saturated heterocycles. The predicted octanol–water partition coefficient (Wildman–Crippen LogP) is 12.8. The number of para-hydroxylation sites is 4. The molecule has 54 heavy (non-hydrogen) atoms. The highest BCUT2D eigenvalue weighted by Crippen LogP contribution is 2.57. The Labute approximate surface area is 316 Å². The summed E-state index contributed by atoms with van der Waals surface area (Å²) in [6, 6.07) is 62.1. The number of rotatable bonds is 8. The van der Waals surface area contributed by atoms with Crippen molar-refractivity contribution in [3.8, 4) is 5.69 Å². The summed E-state index contributed by atoms with van der Waals surface area (Å²) >= 11 is 0. The molecule has 9 rings (SSSR count). The van der Waals surface area contributed by atoms with Crippen LogP contribution in [-0.4, -0.2) is 10.4 Å². The minimum atomic E-state index is -0.563. The zero-order valence-electron chi connectivity index (χ0n) is 30.5. The van der Waals surface area contributed by atoms with E-state index in [1.807, 2.05) is 18.2 Å². The number of carbonyl (C=O) groups is 1. The quantitative estimate of drug-likeness (QED) is 0.148. The minimum absolute atomic E-state index is 0.0873. The van der Waals surface area contributed by atoms with Crippen LogP contribution in [0.1, 0.15) is 58.4 Å². The molecule has 0 bridgehead atoms. The molecule has 0 unspecified atom stereocenters. The fourth-order valence-corrected chi connectivity index (χ4v) is 8.57. The average molecular weight is 697 g/mol. The predicted molar refractivity (Wildman–Crippen MR) is 225 cm³/mol. The van der Waals surface area contributed by atoms with Crippen LogP contribution < -0.4 is 4.90 Å². The molecule has 7 aromatic carbocycles. The van der Waals surface area contributed by atoms with Gasteiger partial charge in [0.1, 0.15) is 0 Å². The number of nitrogens with zero attached hydrogens (tertiary/aromatic N) is 2. The van der Waals surface area contributed by atoms with Gasteiger partial charge < -0.3 is 9.47 Å². The van der Waals surface area contributed by atoms with Crippen molar-refractivity contribution in [2.45, 2.75) is 25.7 Å². The Hall–Kier alpha value is -6.71. The molecule has 0 saturated carbocycles. The highest BCUT2D eigenvalue weighted by molar-refractivity contribution is 6.12. The van der Waals surface area contributed by atoms with Gasteiger partial charge in [-0.3, -0.25) is 4.79 Å². The van der Waals surface area contributed by atoms with Crippen LogP contribution in [0.4, 0.5) is 11.4 Å². The molecule has 3 heteroatoms. The first-order chi connectivity index (χ1) is 26.6. The van der Waals surface area contributed by atoms with Gasteiger partial charge in [-0.1, -0.05) is 152 Å². The summed E-state index contributed by atoms with van der Waals surface area (Å²) in [5.74, 6) is 0.0873. The van der Waals surface area contributed by atoms with Crippen LogP contribution in [-0.2, 0) is 5.41 Å². The average Bonchev–Trinajstić information content (AvgIpc) is 3.57. The molecule has 0 fully saturated rings. The maximum atomic E-state index is 14.0. The zero-order chi connectivity index (χ0) is 36.6. The third-order valence-corrected chi connectivity index (χ3v) is 11.0. The Bertz CT molecular complexity index is 2680. The number of carbonyl (C=O) groups excluding carboxylic acids is 1. The van der Waals surface area contributed by atoms with Gasteiger partial charge in [0.2, 0.25) is 0 Å². The van der Waals surface area contributed by atoms with E-state index in [4.69, 9.17) is 0 Å². The summed E-state index contributed by atoms with van der Waals surface area (Å²) < 4.78 is 2.28. The molecule has 0 radical (unpaired) electrons. The number of ketones is 1. The lowest BCUT2D eigenvalue weighted by Crippen LogP contribution is -2.38. The number of aromatic nitrogens is 1. The highest BCUT2D eigenvalue weighted by atomic mass is 16.1. The van der Waals surface area contributed by atoms with E-state index in [-0.39, 0.29) is 12.2 Å². The molecule has 8 aromatic rings. The van der Waals surface area contributed by atoms with Crippen molar-refractivity contribution in [1.29, 1.82) is 0 Å². The first-order valence-corrected chi connectivity index (χ1v) is 18.7. The summed E-state index contributed by atoms with van der Waals surface area (Å²) in [6.07, 6.45) is 6.63. The first-order valence-electron chi connectivity index (χ1n) is 18.7. The standard InChI is InChI=1S/C51H40N2O/c1-3-36(2)52-48-31-16-14-28-44(48)51(39-21-7-4-8-22-39,40-23-9-5-10-24-40)45-29-17-19-37(50(45)52)20-18-32-49(54)38-33-34-47-43(35-38)42-27-13-15-30-46(42)53(47)41-25-11-6-12-26-41/h3-31,33-35H,32H2,1-2H3/b20-18+,36-3+. The second-order valence-corrected chi connectivity index (χ2v) is 14.0. The molecule has 0 amide bonds. The molecule has 0 atom stereocenters. The van der Waals surface area contributed by atoms with Gasteiger partial charge in [0, 0.05) is 34.1 Å². The Morgan fingerprint density at radius 2 is 1.22 bits per heavy atom. The number of benzene rings is 7. The third-order valence-electron chi connectivity index (χ3n) is 11.0. The van der Waals surface area contributed by atoms with Gasteiger partial charge in [-0.2, -0.15) is 0 Å². The molecule has 260 valence electrons. The van der Waals surface area contributed by atoms with E-state index in [1.165, 1.54) is 22.3 Å². The van der Waals surface area contributed by atoms with E-state index < -0.39 is 5.41 Å². The number of fused-ring (bicyclic) bond motifs is 5. The van der Waals surface area contributed by atoms with Gasteiger partial charge in [-0.05, 0) is 84.1 Å². The van der Waals surface area contributed by atoms with Crippen molar-refractivity contribution in [1.82, 2.24) is 4.57 Å². The molecule has 0 aliphatic carbocycles. The van der Waals surface area contributed by atoms with Crippen molar-refractivity contribution in [3.63, 3.8) is 0 Å². The number of anilines is 2.